The van der Waals surface area contributed by atoms with Gasteiger partial charge in [-0.15, -0.1) is 6.42 Å². The Morgan fingerprint density at radius 3 is 2.76 bits per heavy atom. The molecule has 5 heteroatoms. The van der Waals surface area contributed by atoms with Crippen LogP contribution in [0.2, 0.25) is 0 Å². The standard InChI is InChI=1S/C12H9N3O2/c1-2-7-15-8-10(12(16)17)11(14-15)9-3-5-13-6-4-9/h1,3-6,8H,7H2,(H,16,17). The molecule has 0 atom stereocenters. The lowest BCUT2D eigenvalue weighted by Crippen LogP contribution is -1.96. The van der Waals surface area contributed by atoms with Gasteiger partial charge in [0.2, 0.25) is 0 Å². The van der Waals surface area contributed by atoms with E-state index in [1.807, 2.05) is 0 Å². The van der Waals surface area contributed by atoms with Gasteiger partial charge in [-0.25, -0.2) is 4.79 Å². The van der Waals surface area contributed by atoms with E-state index in [-0.39, 0.29) is 12.1 Å². The zero-order valence-electron chi connectivity index (χ0n) is 8.87. The third-order valence-electron chi connectivity index (χ3n) is 2.20. The Kier molecular flexibility index (Phi) is 2.88. The van der Waals surface area contributed by atoms with Crippen LogP contribution in [0.25, 0.3) is 11.3 Å². The number of aromatic nitrogens is 3. The molecule has 0 radical (unpaired) electrons. The molecular weight excluding hydrogens is 218 g/mol. The molecule has 0 aliphatic heterocycles. The number of rotatable bonds is 3. The Morgan fingerprint density at radius 2 is 2.18 bits per heavy atom. The van der Waals surface area contributed by atoms with Gasteiger partial charge in [-0.3, -0.25) is 9.67 Å². The summed E-state index contributed by atoms with van der Waals surface area (Å²) >= 11 is 0. The summed E-state index contributed by atoms with van der Waals surface area (Å²) in [6.45, 7) is 0.241. The van der Waals surface area contributed by atoms with Crippen LogP contribution in [0.5, 0.6) is 0 Å². The molecule has 0 saturated carbocycles. The van der Waals surface area contributed by atoms with Crippen molar-refractivity contribution < 1.29 is 9.90 Å². The fourth-order valence-electron chi connectivity index (χ4n) is 1.48. The van der Waals surface area contributed by atoms with Crippen LogP contribution in [-0.4, -0.2) is 25.8 Å². The van der Waals surface area contributed by atoms with E-state index in [4.69, 9.17) is 11.5 Å². The van der Waals surface area contributed by atoms with Crippen LogP contribution in [-0.2, 0) is 6.54 Å². The predicted octanol–water partition coefficient (Wildman–Crippen LogP) is 1.28. The second-order valence-corrected chi connectivity index (χ2v) is 3.33. The number of aromatic carboxylic acids is 1. The molecule has 0 spiro atoms. The summed E-state index contributed by atoms with van der Waals surface area (Å²) in [6, 6.07) is 3.41. The third-order valence-corrected chi connectivity index (χ3v) is 2.20. The quantitative estimate of drug-likeness (QED) is 0.802. The summed E-state index contributed by atoms with van der Waals surface area (Å²) in [7, 11) is 0. The molecule has 2 aromatic heterocycles. The molecule has 17 heavy (non-hydrogen) atoms. The van der Waals surface area contributed by atoms with Gasteiger partial charge in [0.05, 0.1) is 0 Å². The average Bonchev–Trinajstić information content (AvgIpc) is 2.75. The second-order valence-electron chi connectivity index (χ2n) is 3.33. The Balaban J connectivity index is 2.53. The van der Waals surface area contributed by atoms with Crippen molar-refractivity contribution in [1.82, 2.24) is 14.8 Å². The highest BCUT2D eigenvalue weighted by Crippen LogP contribution is 2.21. The van der Waals surface area contributed by atoms with E-state index in [1.54, 1.807) is 24.5 Å². The topological polar surface area (TPSA) is 68.0 Å². The lowest BCUT2D eigenvalue weighted by molar-refractivity contribution is 0.0697. The van der Waals surface area contributed by atoms with Gasteiger partial charge in [-0.2, -0.15) is 5.10 Å². The molecule has 2 rings (SSSR count). The number of carbonyl (C=O) groups is 1. The molecule has 0 aliphatic rings. The maximum absolute atomic E-state index is 11.1. The molecule has 0 amide bonds. The third kappa shape index (κ3) is 2.16. The first-order valence-corrected chi connectivity index (χ1v) is 4.87. The number of hydrogen-bond acceptors (Lipinski definition) is 3. The number of carboxylic acid groups (broad SMARTS) is 1. The summed E-state index contributed by atoms with van der Waals surface area (Å²) < 4.78 is 1.43. The smallest absolute Gasteiger partial charge is 0.339 e. The van der Waals surface area contributed by atoms with Crippen molar-refractivity contribution in [3.05, 3.63) is 36.3 Å². The number of carboxylic acids is 1. The summed E-state index contributed by atoms with van der Waals surface area (Å²) in [5.41, 5.74) is 1.23. The molecule has 5 nitrogen and oxygen atoms in total. The van der Waals surface area contributed by atoms with Gasteiger partial charge in [-0.1, -0.05) is 5.92 Å². The number of hydrogen-bond donors (Lipinski definition) is 1. The van der Waals surface area contributed by atoms with Gasteiger partial charge < -0.3 is 5.11 Å². The van der Waals surface area contributed by atoms with Gasteiger partial charge >= 0.3 is 5.97 Å². The van der Waals surface area contributed by atoms with Crippen molar-refractivity contribution in [2.24, 2.45) is 0 Å². The molecule has 84 valence electrons. The van der Waals surface area contributed by atoms with E-state index in [1.165, 1.54) is 10.9 Å². The average molecular weight is 227 g/mol. The first-order chi connectivity index (χ1) is 8.22. The summed E-state index contributed by atoms with van der Waals surface area (Å²) in [5.74, 6) is 1.38. The number of pyridine rings is 1. The Bertz CT molecular complexity index is 582. The van der Waals surface area contributed by atoms with Crippen molar-refractivity contribution in [3.8, 4) is 23.6 Å². The number of terminal acetylenes is 1. The van der Waals surface area contributed by atoms with Crippen molar-refractivity contribution in [1.29, 1.82) is 0 Å². The Morgan fingerprint density at radius 1 is 1.47 bits per heavy atom. The highest BCUT2D eigenvalue weighted by Gasteiger charge is 2.16. The fraction of sp³-hybridized carbons (Fsp3) is 0.0833. The summed E-state index contributed by atoms with van der Waals surface area (Å²) in [4.78, 5) is 15.0. The van der Waals surface area contributed by atoms with Gasteiger partial charge in [0.1, 0.15) is 17.8 Å². The molecule has 0 unspecified atom stereocenters. The van der Waals surface area contributed by atoms with E-state index >= 15 is 0 Å². The van der Waals surface area contributed by atoms with E-state index in [9.17, 15) is 4.79 Å². The minimum Gasteiger partial charge on any atom is -0.478 e. The van der Waals surface area contributed by atoms with Crippen LogP contribution < -0.4 is 0 Å². The van der Waals surface area contributed by atoms with Crippen LogP contribution in [0.4, 0.5) is 0 Å². The van der Waals surface area contributed by atoms with Crippen LogP contribution in [0.15, 0.2) is 30.7 Å². The molecule has 0 aliphatic carbocycles. The van der Waals surface area contributed by atoms with Gasteiger partial charge in [0.15, 0.2) is 0 Å². The highest BCUT2D eigenvalue weighted by molar-refractivity contribution is 5.94. The summed E-state index contributed by atoms with van der Waals surface area (Å²) in [6.07, 6.45) is 9.76. The molecule has 2 aromatic rings. The van der Waals surface area contributed by atoms with Crippen molar-refractivity contribution in [2.45, 2.75) is 6.54 Å². The molecule has 2 heterocycles. The SMILES string of the molecule is C#CCn1cc(C(=O)O)c(-c2ccncc2)n1. The van der Waals surface area contributed by atoms with E-state index in [0.717, 1.165) is 0 Å². The lowest BCUT2D eigenvalue weighted by atomic mass is 10.1. The first kappa shape index (κ1) is 10.9. The summed E-state index contributed by atoms with van der Waals surface area (Å²) in [5, 5.41) is 13.2. The fourth-order valence-corrected chi connectivity index (χ4v) is 1.48. The molecule has 1 N–H and O–H groups in total. The van der Waals surface area contributed by atoms with Crippen LogP contribution in [0.3, 0.4) is 0 Å². The van der Waals surface area contributed by atoms with E-state index < -0.39 is 5.97 Å². The van der Waals surface area contributed by atoms with Gasteiger partial charge in [-0.05, 0) is 12.1 Å². The lowest BCUT2D eigenvalue weighted by Gasteiger charge is -1.97. The first-order valence-electron chi connectivity index (χ1n) is 4.87. The zero-order valence-corrected chi connectivity index (χ0v) is 8.87. The van der Waals surface area contributed by atoms with Gasteiger partial charge in [0.25, 0.3) is 0 Å². The zero-order chi connectivity index (χ0) is 12.3. The largest absolute Gasteiger partial charge is 0.478 e. The van der Waals surface area contributed by atoms with Crippen LogP contribution >= 0.6 is 0 Å². The highest BCUT2D eigenvalue weighted by atomic mass is 16.4. The maximum Gasteiger partial charge on any atom is 0.339 e. The Hall–Kier alpha value is -2.61. The Labute approximate surface area is 97.7 Å². The van der Waals surface area contributed by atoms with Crippen LogP contribution in [0.1, 0.15) is 10.4 Å². The normalized spacial score (nSPS) is 9.82. The van der Waals surface area contributed by atoms with E-state index in [0.29, 0.717) is 11.3 Å². The molecule has 0 aromatic carbocycles. The van der Waals surface area contributed by atoms with Crippen molar-refractivity contribution in [2.75, 3.05) is 0 Å². The molecule has 0 fully saturated rings. The minimum absolute atomic E-state index is 0.131. The monoisotopic (exact) mass is 227 g/mol. The maximum atomic E-state index is 11.1. The second kappa shape index (κ2) is 4.49. The van der Waals surface area contributed by atoms with E-state index in [2.05, 4.69) is 16.0 Å². The predicted molar refractivity (Wildman–Crippen MR) is 61.3 cm³/mol. The molecular formula is C12H9N3O2. The van der Waals surface area contributed by atoms with Crippen molar-refractivity contribution >= 4 is 5.97 Å². The number of nitrogens with zero attached hydrogens (tertiary/aromatic N) is 3. The van der Waals surface area contributed by atoms with Gasteiger partial charge in [0, 0.05) is 24.2 Å². The van der Waals surface area contributed by atoms with Crippen molar-refractivity contribution in [3.63, 3.8) is 0 Å². The molecule has 0 saturated heterocycles. The van der Waals surface area contributed by atoms with Crippen LogP contribution in [0, 0.1) is 12.3 Å². The minimum atomic E-state index is -1.03. The molecule has 0 bridgehead atoms.